The SMILES string of the molecule is CCCCOCCCC.CCOCC(O)CO. The van der Waals surface area contributed by atoms with Gasteiger partial charge in [-0.05, 0) is 19.8 Å². The zero-order chi connectivity index (χ0) is 13.4. The molecule has 0 amide bonds. The molecule has 106 valence electrons. The highest BCUT2D eigenvalue weighted by Crippen LogP contribution is 1.91. The fourth-order valence-corrected chi connectivity index (χ4v) is 0.901. The van der Waals surface area contributed by atoms with E-state index in [1.165, 1.54) is 25.7 Å². The van der Waals surface area contributed by atoms with Crippen LogP contribution in [0, 0.1) is 0 Å². The zero-order valence-electron chi connectivity index (χ0n) is 11.7. The van der Waals surface area contributed by atoms with Gasteiger partial charge in [-0.15, -0.1) is 0 Å². The van der Waals surface area contributed by atoms with Crippen LogP contribution in [0.25, 0.3) is 0 Å². The first-order chi connectivity index (χ1) is 8.22. The summed E-state index contributed by atoms with van der Waals surface area (Å²) >= 11 is 0. The Morgan fingerprint density at radius 1 is 0.941 bits per heavy atom. The molecule has 0 aliphatic heterocycles. The molecule has 0 spiro atoms. The number of unbranched alkanes of at least 4 members (excludes halogenated alkanes) is 2. The quantitative estimate of drug-likeness (QED) is 0.582. The molecule has 0 aromatic carbocycles. The third-order valence-electron chi connectivity index (χ3n) is 2.01. The lowest BCUT2D eigenvalue weighted by atomic mass is 10.3. The average molecular weight is 250 g/mol. The maximum absolute atomic E-state index is 8.61. The van der Waals surface area contributed by atoms with Gasteiger partial charge in [-0.3, -0.25) is 0 Å². The summed E-state index contributed by atoms with van der Waals surface area (Å²) < 4.78 is 10.1. The summed E-state index contributed by atoms with van der Waals surface area (Å²) in [5.74, 6) is 0. The summed E-state index contributed by atoms with van der Waals surface area (Å²) in [6, 6.07) is 0. The third-order valence-corrected chi connectivity index (χ3v) is 2.01. The maximum atomic E-state index is 8.61. The van der Waals surface area contributed by atoms with Crippen molar-refractivity contribution in [2.75, 3.05) is 33.0 Å². The Bertz CT molecular complexity index is 114. The Kier molecular flexibility index (Phi) is 20.6. The van der Waals surface area contributed by atoms with E-state index in [1.807, 2.05) is 6.92 Å². The maximum Gasteiger partial charge on any atom is 0.100 e. The van der Waals surface area contributed by atoms with Gasteiger partial charge in [-0.2, -0.15) is 0 Å². The molecule has 1 unspecified atom stereocenters. The van der Waals surface area contributed by atoms with E-state index in [4.69, 9.17) is 19.7 Å². The second-order valence-electron chi connectivity index (χ2n) is 3.82. The smallest absolute Gasteiger partial charge is 0.100 e. The van der Waals surface area contributed by atoms with Crippen molar-refractivity contribution >= 4 is 0 Å². The molecule has 1 atom stereocenters. The number of aliphatic hydroxyl groups is 2. The molecule has 0 aromatic heterocycles. The summed E-state index contributed by atoms with van der Waals surface area (Å²) in [7, 11) is 0. The predicted octanol–water partition coefficient (Wildman–Crippen LogP) is 1.98. The Hall–Kier alpha value is -0.160. The highest BCUT2D eigenvalue weighted by molar-refractivity contribution is 4.47. The van der Waals surface area contributed by atoms with Crippen LogP contribution in [-0.2, 0) is 9.47 Å². The van der Waals surface area contributed by atoms with Crippen LogP contribution in [0.3, 0.4) is 0 Å². The van der Waals surface area contributed by atoms with Crippen molar-refractivity contribution < 1.29 is 19.7 Å². The number of rotatable bonds is 10. The third kappa shape index (κ3) is 21.6. The van der Waals surface area contributed by atoms with Gasteiger partial charge in [0.25, 0.3) is 0 Å². The largest absolute Gasteiger partial charge is 0.394 e. The first-order valence-corrected chi connectivity index (χ1v) is 6.67. The minimum atomic E-state index is -0.713. The molecular formula is C13H30O4. The molecule has 0 aliphatic rings. The van der Waals surface area contributed by atoms with Crippen LogP contribution in [0.15, 0.2) is 0 Å². The van der Waals surface area contributed by atoms with E-state index in [-0.39, 0.29) is 13.2 Å². The molecule has 0 bridgehead atoms. The molecule has 0 heterocycles. The minimum Gasteiger partial charge on any atom is -0.394 e. The van der Waals surface area contributed by atoms with Crippen molar-refractivity contribution in [3.8, 4) is 0 Å². The number of hydrogen-bond donors (Lipinski definition) is 2. The van der Waals surface area contributed by atoms with Crippen LogP contribution in [0.4, 0.5) is 0 Å². The van der Waals surface area contributed by atoms with E-state index >= 15 is 0 Å². The Labute approximate surface area is 106 Å². The standard InChI is InChI=1S/C8H18O.C5H12O3/c1-3-5-7-9-8-6-4-2;1-2-8-4-5(7)3-6/h3-8H2,1-2H3;5-7H,2-4H2,1H3. The van der Waals surface area contributed by atoms with Crippen molar-refractivity contribution in [1.82, 2.24) is 0 Å². The molecule has 0 aliphatic carbocycles. The van der Waals surface area contributed by atoms with Gasteiger partial charge < -0.3 is 19.7 Å². The van der Waals surface area contributed by atoms with Crippen molar-refractivity contribution in [1.29, 1.82) is 0 Å². The van der Waals surface area contributed by atoms with Crippen LogP contribution in [0.2, 0.25) is 0 Å². The fraction of sp³-hybridized carbons (Fsp3) is 1.00. The van der Waals surface area contributed by atoms with Gasteiger partial charge in [0.2, 0.25) is 0 Å². The van der Waals surface area contributed by atoms with Crippen LogP contribution >= 0.6 is 0 Å². The molecule has 0 fully saturated rings. The van der Waals surface area contributed by atoms with Gasteiger partial charge in [0, 0.05) is 19.8 Å². The van der Waals surface area contributed by atoms with E-state index < -0.39 is 6.10 Å². The molecular weight excluding hydrogens is 220 g/mol. The first kappa shape index (κ1) is 19.2. The average Bonchev–Trinajstić information content (AvgIpc) is 2.36. The monoisotopic (exact) mass is 250 g/mol. The molecule has 0 saturated heterocycles. The summed E-state index contributed by atoms with van der Waals surface area (Å²) in [6.45, 7) is 8.70. The second-order valence-corrected chi connectivity index (χ2v) is 3.82. The highest BCUT2D eigenvalue weighted by atomic mass is 16.5. The predicted molar refractivity (Wildman–Crippen MR) is 70.2 cm³/mol. The molecule has 0 saturated carbocycles. The van der Waals surface area contributed by atoms with E-state index in [2.05, 4.69) is 13.8 Å². The molecule has 0 aromatic rings. The van der Waals surface area contributed by atoms with Crippen LogP contribution in [0.5, 0.6) is 0 Å². The zero-order valence-corrected chi connectivity index (χ0v) is 11.7. The summed E-state index contributed by atoms with van der Waals surface area (Å²) in [5, 5.41) is 16.8. The van der Waals surface area contributed by atoms with Crippen molar-refractivity contribution in [3.63, 3.8) is 0 Å². The van der Waals surface area contributed by atoms with Crippen molar-refractivity contribution in [3.05, 3.63) is 0 Å². The highest BCUT2D eigenvalue weighted by Gasteiger charge is 1.98. The van der Waals surface area contributed by atoms with E-state index in [1.54, 1.807) is 0 Å². The van der Waals surface area contributed by atoms with Crippen LogP contribution in [0.1, 0.15) is 46.5 Å². The Morgan fingerprint density at radius 2 is 1.47 bits per heavy atom. The van der Waals surface area contributed by atoms with Gasteiger partial charge in [-0.25, -0.2) is 0 Å². The fourth-order valence-electron chi connectivity index (χ4n) is 0.901. The topological polar surface area (TPSA) is 58.9 Å². The second kappa shape index (κ2) is 18.2. The number of aliphatic hydroxyl groups excluding tert-OH is 2. The van der Waals surface area contributed by atoms with Gasteiger partial charge in [-0.1, -0.05) is 26.7 Å². The molecule has 17 heavy (non-hydrogen) atoms. The van der Waals surface area contributed by atoms with Gasteiger partial charge in [0.1, 0.15) is 6.10 Å². The lowest BCUT2D eigenvalue weighted by Crippen LogP contribution is -2.19. The summed E-state index contributed by atoms with van der Waals surface area (Å²) in [5.41, 5.74) is 0. The minimum absolute atomic E-state index is 0.222. The Balaban J connectivity index is 0. The van der Waals surface area contributed by atoms with Gasteiger partial charge in [0.15, 0.2) is 0 Å². The Morgan fingerprint density at radius 3 is 1.82 bits per heavy atom. The number of hydrogen-bond acceptors (Lipinski definition) is 4. The van der Waals surface area contributed by atoms with Crippen LogP contribution in [-0.4, -0.2) is 49.4 Å². The van der Waals surface area contributed by atoms with E-state index in [0.717, 1.165) is 13.2 Å². The van der Waals surface area contributed by atoms with Crippen molar-refractivity contribution in [2.24, 2.45) is 0 Å². The van der Waals surface area contributed by atoms with Crippen molar-refractivity contribution in [2.45, 2.75) is 52.6 Å². The summed E-state index contributed by atoms with van der Waals surface area (Å²) in [4.78, 5) is 0. The van der Waals surface area contributed by atoms with Gasteiger partial charge >= 0.3 is 0 Å². The normalized spacial score (nSPS) is 11.8. The summed E-state index contributed by atoms with van der Waals surface area (Å²) in [6.07, 6.45) is 4.20. The van der Waals surface area contributed by atoms with Gasteiger partial charge in [0.05, 0.1) is 13.2 Å². The molecule has 4 nitrogen and oxygen atoms in total. The lowest BCUT2D eigenvalue weighted by Gasteiger charge is -2.04. The van der Waals surface area contributed by atoms with E-state index in [0.29, 0.717) is 6.61 Å². The first-order valence-electron chi connectivity index (χ1n) is 6.67. The number of ether oxygens (including phenoxy) is 2. The van der Waals surface area contributed by atoms with E-state index in [9.17, 15) is 0 Å². The lowest BCUT2D eigenvalue weighted by molar-refractivity contribution is 0.0104. The molecule has 0 radical (unpaired) electrons. The molecule has 2 N–H and O–H groups in total. The molecule has 0 rings (SSSR count). The van der Waals surface area contributed by atoms with Crippen LogP contribution < -0.4 is 0 Å². The molecule has 4 heteroatoms.